The van der Waals surface area contributed by atoms with Crippen LogP contribution in [-0.2, 0) is 0 Å². The Bertz CT molecular complexity index is 983. The van der Waals surface area contributed by atoms with Gasteiger partial charge in [0.05, 0.1) is 10.0 Å². The highest BCUT2D eigenvalue weighted by molar-refractivity contribution is 6.39. The third kappa shape index (κ3) is 4.68. The van der Waals surface area contributed by atoms with Gasteiger partial charge in [0.1, 0.15) is 17.3 Å². The Morgan fingerprint density at radius 3 is 2.52 bits per heavy atom. The minimum Gasteiger partial charge on any atom is -0.364 e. The van der Waals surface area contributed by atoms with Crippen LogP contribution in [0.15, 0.2) is 41.1 Å². The van der Waals surface area contributed by atoms with E-state index in [2.05, 4.69) is 20.8 Å². The van der Waals surface area contributed by atoms with Crippen molar-refractivity contribution in [1.82, 2.24) is 15.5 Å². The molecule has 0 unspecified atom stereocenters. The summed E-state index contributed by atoms with van der Waals surface area (Å²) in [6.07, 6.45) is -3.16. The number of benzene rings is 1. The van der Waals surface area contributed by atoms with Crippen LogP contribution in [0.3, 0.4) is 0 Å². The van der Waals surface area contributed by atoms with Crippen molar-refractivity contribution in [2.45, 2.75) is 19.0 Å². The number of aromatic nitrogens is 2. The van der Waals surface area contributed by atoms with Crippen molar-refractivity contribution in [2.24, 2.45) is 0 Å². The molecule has 3 N–H and O–H groups in total. The summed E-state index contributed by atoms with van der Waals surface area (Å²) in [5, 5.41) is 9.10. The number of hydrogen-bond acceptors (Lipinski definition) is 3. The summed E-state index contributed by atoms with van der Waals surface area (Å²) in [5.74, 6) is -1.65. The Kier molecular flexibility index (Phi) is 6.09. The predicted octanol–water partition coefficient (Wildman–Crippen LogP) is 5.75. The number of carbonyl (C=O) groups is 1. The number of halogens is 5. The topological polar surface area (TPSA) is 82.9 Å². The molecule has 1 atom stereocenters. The van der Waals surface area contributed by atoms with Gasteiger partial charge in [0.25, 0.3) is 0 Å². The van der Waals surface area contributed by atoms with Crippen LogP contribution in [0.5, 0.6) is 0 Å². The highest BCUT2D eigenvalue weighted by atomic mass is 35.5. The fourth-order valence-electron chi connectivity index (χ4n) is 2.73. The smallest absolute Gasteiger partial charge is 0.364 e. The number of rotatable bonds is 5. The van der Waals surface area contributed by atoms with E-state index in [1.54, 1.807) is 18.2 Å². The summed E-state index contributed by atoms with van der Waals surface area (Å²) in [6.45, 7) is 0.872. The number of urea groups is 1. The molecule has 2 aromatic heterocycles. The molecule has 0 aliphatic heterocycles. The minimum atomic E-state index is -4.54. The largest absolute Gasteiger partial charge is 0.398 e. The van der Waals surface area contributed by atoms with E-state index in [4.69, 9.17) is 27.7 Å². The zero-order valence-electron chi connectivity index (χ0n) is 14.9. The number of nitrogens with zero attached hydrogens (tertiary/aromatic N) is 1. The molecule has 6 nitrogen and oxygen atoms in total. The maximum atomic E-state index is 13.3. The van der Waals surface area contributed by atoms with E-state index in [-0.39, 0.29) is 32.9 Å². The number of carbonyl (C=O) groups excluding carboxylic acids is 1. The SMILES string of the molecule is Cc1onc(-c2c(Cl)cccc2Cl)c1NC(=O)NC[C@@H](c1ccc[nH]1)C(F)(F)F. The molecule has 0 aliphatic rings. The third-order valence-corrected chi connectivity index (χ3v) is 4.79. The molecule has 11 heteroatoms. The first-order chi connectivity index (χ1) is 13.7. The molecule has 0 aliphatic carbocycles. The van der Waals surface area contributed by atoms with Crippen LogP contribution in [0.4, 0.5) is 23.7 Å². The normalized spacial score (nSPS) is 12.6. The van der Waals surface area contributed by atoms with Crippen LogP contribution < -0.4 is 10.6 Å². The number of aromatic amines is 1. The molecule has 2 heterocycles. The van der Waals surface area contributed by atoms with E-state index in [1.165, 1.54) is 25.3 Å². The van der Waals surface area contributed by atoms with Gasteiger partial charge in [0.15, 0.2) is 5.76 Å². The number of alkyl halides is 3. The third-order valence-electron chi connectivity index (χ3n) is 4.16. The molecule has 0 saturated carbocycles. The molecule has 2 amide bonds. The van der Waals surface area contributed by atoms with E-state index in [9.17, 15) is 18.0 Å². The molecule has 3 aromatic rings. The van der Waals surface area contributed by atoms with Crippen LogP contribution in [0.1, 0.15) is 17.4 Å². The van der Waals surface area contributed by atoms with Crippen LogP contribution in [-0.4, -0.2) is 28.9 Å². The lowest BCUT2D eigenvalue weighted by Gasteiger charge is -2.20. The number of aryl methyl sites for hydroxylation is 1. The number of hydrogen-bond donors (Lipinski definition) is 3. The Morgan fingerprint density at radius 2 is 1.93 bits per heavy atom. The van der Waals surface area contributed by atoms with E-state index in [0.29, 0.717) is 5.56 Å². The molecular weight excluding hydrogens is 432 g/mol. The highest BCUT2D eigenvalue weighted by Gasteiger charge is 2.41. The van der Waals surface area contributed by atoms with Crippen molar-refractivity contribution >= 4 is 34.9 Å². The fraction of sp³-hybridized carbons (Fsp3) is 0.222. The lowest BCUT2D eigenvalue weighted by molar-refractivity contribution is -0.149. The summed E-state index contributed by atoms with van der Waals surface area (Å²) in [4.78, 5) is 14.8. The quantitative estimate of drug-likeness (QED) is 0.466. The first-order valence-electron chi connectivity index (χ1n) is 8.34. The Hall–Kier alpha value is -2.65. The van der Waals surface area contributed by atoms with Gasteiger partial charge in [-0.2, -0.15) is 13.2 Å². The Morgan fingerprint density at radius 1 is 1.24 bits per heavy atom. The average Bonchev–Trinajstić information content (AvgIpc) is 3.26. The summed E-state index contributed by atoms with van der Waals surface area (Å²) < 4.78 is 45.0. The first kappa shape index (κ1) is 21.1. The summed E-state index contributed by atoms with van der Waals surface area (Å²) in [6, 6.07) is 6.70. The minimum absolute atomic E-state index is 0.0532. The fourth-order valence-corrected chi connectivity index (χ4v) is 3.31. The first-order valence-corrected chi connectivity index (χ1v) is 9.09. The standard InChI is InChI=1S/C18H15Cl2F3N4O2/c1-9-15(16(27-29-9)14-11(19)4-2-5-12(14)20)26-17(28)25-8-10(18(21,22)23)13-6-3-7-24-13/h2-7,10,24H,8H2,1H3,(H2,25,26,28)/t10-/m0/s1. The molecule has 0 saturated heterocycles. The summed E-state index contributed by atoms with van der Waals surface area (Å²) in [7, 11) is 0. The van der Waals surface area contributed by atoms with Gasteiger partial charge >= 0.3 is 12.2 Å². The van der Waals surface area contributed by atoms with Crippen molar-refractivity contribution in [2.75, 3.05) is 11.9 Å². The van der Waals surface area contributed by atoms with Gasteiger partial charge in [0, 0.05) is 24.0 Å². The van der Waals surface area contributed by atoms with Crippen LogP contribution in [0, 0.1) is 6.92 Å². The summed E-state index contributed by atoms with van der Waals surface area (Å²) in [5.41, 5.74) is 0.607. The highest BCUT2D eigenvalue weighted by Crippen LogP contribution is 2.39. The maximum absolute atomic E-state index is 13.3. The second-order valence-corrected chi connectivity index (χ2v) is 6.93. The maximum Gasteiger partial charge on any atom is 0.398 e. The molecule has 154 valence electrons. The van der Waals surface area contributed by atoms with E-state index in [1.807, 2.05) is 0 Å². The van der Waals surface area contributed by atoms with E-state index >= 15 is 0 Å². The van der Waals surface area contributed by atoms with Gasteiger partial charge in [-0.05, 0) is 31.2 Å². The molecule has 0 bridgehead atoms. The van der Waals surface area contributed by atoms with E-state index in [0.717, 1.165) is 0 Å². The average molecular weight is 447 g/mol. The van der Waals surface area contributed by atoms with Gasteiger partial charge in [-0.1, -0.05) is 34.4 Å². The second kappa shape index (κ2) is 8.38. The van der Waals surface area contributed by atoms with Gasteiger partial charge in [0.2, 0.25) is 0 Å². The zero-order chi connectivity index (χ0) is 21.2. The molecule has 0 radical (unpaired) electrons. The summed E-state index contributed by atoms with van der Waals surface area (Å²) >= 11 is 12.3. The van der Waals surface area contributed by atoms with Crippen molar-refractivity contribution in [1.29, 1.82) is 0 Å². The monoisotopic (exact) mass is 446 g/mol. The zero-order valence-corrected chi connectivity index (χ0v) is 16.4. The van der Waals surface area contributed by atoms with Crippen LogP contribution >= 0.6 is 23.2 Å². The Balaban J connectivity index is 1.77. The second-order valence-electron chi connectivity index (χ2n) is 6.11. The lowest BCUT2D eigenvalue weighted by atomic mass is 10.1. The number of nitrogens with one attached hydrogen (secondary N) is 3. The Labute approximate surface area is 173 Å². The van der Waals surface area contributed by atoms with Crippen molar-refractivity contribution in [3.63, 3.8) is 0 Å². The predicted molar refractivity (Wildman–Crippen MR) is 103 cm³/mol. The van der Waals surface area contributed by atoms with Crippen molar-refractivity contribution < 1.29 is 22.5 Å². The van der Waals surface area contributed by atoms with Gasteiger partial charge in [-0.15, -0.1) is 0 Å². The van der Waals surface area contributed by atoms with Gasteiger partial charge in [-0.25, -0.2) is 4.79 Å². The lowest BCUT2D eigenvalue weighted by Crippen LogP contribution is -2.37. The molecule has 29 heavy (non-hydrogen) atoms. The van der Waals surface area contributed by atoms with Crippen molar-refractivity contribution in [3.8, 4) is 11.3 Å². The molecule has 1 aromatic carbocycles. The van der Waals surface area contributed by atoms with Gasteiger partial charge < -0.3 is 20.1 Å². The number of amides is 2. The van der Waals surface area contributed by atoms with Crippen LogP contribution in [0.25, 0.3) is 11.3 Å². The van der Waals surface area contributed by atoms with Crippen molar-refractivity contribution in [3.05, 3.63) is 58.0 Å². The number of H-pyrrole nitrogens is 1. The van der Waals surface area contributed by atoms with Crippen LogP contribution in [0.2, 0.25) is 10.0 Å². The molecule has 0 fully saturated rings. The van der Waals surface area contributed by atoms with Gasteiger partial charge in [-0.3, -0.25) is 0 Å². The number of anilines is 1. The molecular formula is C18H15Cl2F3N4O2. The molecule has 3 rings (SSSR count). The molecule has 0 spiro atoms. The van der Waals surface area contributed by atoms with E-state index < -0.39 is 24.7 Å².